The van der Waals surface area contributed by atoms with E-state index >= 15 is 0 Å². The summed E-state index contributed by atoms with van der Waals surface area (Å²) in [6.07, 6.45) is 11.8. The molecule has 2 aliphatic carbocycles. The van der Waals surface area contributed by atoms with E-state index in [1.54, 1.807) is 6.07 Å². The zero-order valence-corrected chi connectivity index (χ0v) is 25.8. The fourth-order valence-corrected chi connectivity index (χ4v) is 8.42. The molecule has 0 radical (unpaired) electrons. The number of nitrogens with zero attached hydrogens (tertiary/aromatic N) is 1. The topological polar surface area (TPSA) is 115 Å². The zero-order valence-electron chi connectivity index (χ0n) is 25.8. The van der Waals surface area contributed by atoms with Gasteiger partial charge in [-0.05, 0) is 86.5 Å². The molecule has 1 unspecified atom stereocenters. The number of nitrogens with two attached hydrogens (primary N) is 1. The molecule has 2 aliphatic heterocycles. The number of nitrogens with one attached hydrogen (secondary N) is 1. The first kappa shape index (κ1) is 31.2. The first-order chi connectivity index (χ1) is 21.4. The number of hydrogen-bond donors (Lipinski definition) is 2. The number of aromatic nitrogens is 1. The monoisotopic (exact) mass is 609 g/mol. The van der Waals surface area contributed by atoms with Gasteiger partial charge < -0.3 is 25.1 Å². The van der Waals surface area contributed by atoms with Gasteiger partial charge >= 0.3 is 5.97 Å². The number of halogens is 1. The normalized spacial score (nSPS) is 28.8. The molecule has 3 heterocycles. The van der Waals surface area contributed by atoms with Gasteiger partial charge in [-0.15, -0.1) is 0 Å². The molecule has 2 aromatic rings. The summed E-state index contributed by atoms with van der Waals surface area (Å²) in [6.45, 7) is 1.07. The van der Waals surface area contributed by atoms with Crippen molar-refractivity contribution in [3.05, 3.63) is 35.5 Å². The van der Waals surface area contributed by atoms with Crippen LogP contribution in [0.3, 0.4) is 0 Å². The van der Waals surface area contributed by atoms with E-state index in [1.165, 1.54) is 19.3 Å². The molecule has 3 N–H and O–H groups in total. The van der Waals surface area contributed by atoms with Gasteiger partial charge in [-0.1, -0.05) is 38.2 Å². The summed E-state index contributed by atoms with van der Waals surface area (Å²) >= 11 is 0. The Bertz CT molecular complexity index is 1310. The minimum Gasteiger partial charge on any atom is -0.458 e. The van der Waals surface area contributed by atoms with Crippen molar-refractivity contribution in [2.75, 3.05) is 26.4 Å². The molecule has 44 heavy (non-hydrogen) atoms. The van der Waals surface area contributed by atoms with Crippen molar-refractivity contribution in [2.24, 2.45) is 29.4 Å². The second kappa shape index (κ2) is 14.1. The number of esters is 1. The summed E-state index contributed by atoms with van der Waals surface area (Å²) in [5.74, 6) is 0.473. The largest absolute Gasteiger partial charge is 0.458 e. The standard InChI is InChI=1S/C35H48FN3O5/c36-20-29(37)24-9-11-25(12-10-24)34(41)39-15-14-28(23-5-2-1-3-6-23)33(39)32(40)18-22-8-13-30-26(17-22)19-31(38-30)35(42)44-21-27-7-4-16-43-27/h8,13,17,19,23-25,27-29,33,38H,1-7,9-12,14-16,18,20-21,37H2/t24?,25?,27?,28-,29+,33-/m0/s1. The highest BCUT2D eigenvalue weighted by molar-refractivity contribution is 5.96. The Labute approximate surface area is 259 Å². The maximum Gasteiger partial charge on any atom is 0.354 e. The molecule has 0 spiro atoms. The average molecular weight is 610 g/mol. The first-order valence-electron chi connectivity index (χ1n) is 17.0. The minimum absolute atomic E-state index is 0.0323. The Morgan fingerprint density at radius 1 is 1.00 bits per heavy atom. The van der Waals surface area contributed by atoms with Crippen LogP contribution >= 0.6 is 0 Å². The number of carbonyl (C=O) groups excluding carboxylic acids is 3. The summed E-state index contributed by atoms with van der Waals surface area (Å²) in [6, 6.07) is 6.74. The maximum absolute atomic E-state index is 14.2. The van der Waals surface area contributed by atoms with E-state index < -0.39 is 24.7 Å². The third kappa shape index (κ3) is 6.89. The predicted molar refractivity (Wildman–Crippen MR) is 166 cm³/mol. The number of alkyl halides is 1. The van der Waals surface area contributed by atoms with E-state index in [9.17, 15) is 18.8 Å². The first-order valence-corrected chi connectivity index (χ1v) is 17.0. The van der Waals surface area contributed by atoms with Gasteiger partial charge in [-0.25, -0.2) is 9.18 Å². The number of rotatable bonds is 10. The van der Waals surface area contributed by atoms with E-state index in [2.05, 4.69) is 4.98 Å². The second-order valence-electron chi connectivity index (χ2n) is 13.7. The third-order valence-corrected chi connectivity index (χ3v) is 10.9. The van der Waals surface area contributed by atoms with Crippen LogP contribution in [0.1, 0.15) is 93.1 Å². The van der Waals surface area contributed by atoms with Crippen molar-refractivity contribution >= 4 is 28.6 Å². The van der Waals surface area contributed by atoms with Crippen molar-refractivity contribution in [3.63, 3.8) is 0 Å². The van der Waals surface area contributed by atoms with Gasteiger partial charge in [0.25, 0.3) is 0 Å². The van der Waals surface area contributed by atoms with Crippen molar-refractivity contribution in [1.29, 1.82) is 0 Å². The Morgan fingerprint density at radius 3 is 2.52 bits per heavy atom. The predicted octanol–water partition coefficient (Wildman–Crippen LogP) is 5.52. The second-order valence-corrected chi connectivity index (χ2v) is 13.7. The third-order valence-electron chi connectivity index (χ3n) is 10.9. The van der Waals surface area contributed by atoms with Gasteiger partial charge in [0.1, 0.15) is 19.0 Å². The van der Waals surface area contributed by atoms with Crippen LogP contribution < -0.4 is 5.73 Å². The number of ether oxygens (including phenoxy) is 2. The Hall–Kier alpha value is -2.78. The summed E-state index contributed by atoms with van der Waals surface area (Å²) in [7, 11) is 0. The van der Waals surface area contributed by atoms with Crippen molar-refractivity contribution in [1.82, 2.24) is 9.88 Å². The van der Waals surface area contributed by atoms with E-state index in [1.807, 2.05) is 23.1 Å². The van der Waals surface area contributed by atoms with Crippen molar-refractivity contribution in [3.8, 4) is 0 Å². The van der Waals surface area contributed by atoms with Crippen LogP contribution in [-0.2, 0) is 25.5 Å². The molecule has 6 rings (SSSR count). The average Bonchev–Trinajstić information content (AvgIpc) is 3.83. The number of hydrogen-bond acceptors (Lipinski definition) is 6. The molecule has 8 nitrogen and oxygen atoms in total. The number of likely N-dealkylation sites (tertiary alicyclic amines) is 1. The Morgan fingerprint density at radius 2 is 1.80 bits per heavy atom. The molecule has 1 amide bonds. The lowest BCUT2D eigenvalue weighted by atomic mass is 9.75. The molecule has 4 fully saturated rings. The number of fused-ring (bicyclic) bond motifs is 1. The molecule has 4 aliphatic rings. The van der Waals surface area contributed by atoms with Gasteiger partial charge in [-0.3, -0.25) is 9.59 Å². The van der Waals surface area contributed by atoms with Crippen molar-refractivity contribution < 1.29 is 28.2 Å². The number of benzene rings is 1. The van der Waals surface area contributed by atoms with Crippen LogP contribution in [0.2, 0.25) is 0 Å². The van der Waals surface area contributed by atoms with Crippen LogP contribution in [0.4, 0.5) is 4.39 Å². The molecular weight excluding hydrogens is 561 g/mol. The summed E-state index contributed by atoms with van der Waals surface area (Å²) in [4.78, 5) is 45.8. The molecule has 1 aromatic carbocycles. The van der Waals surface area contributed by atoms with Crippen LogP contribution in [0, 0.1) is 23.7 Å². The van der Waals surface area contributed by atoms with Crippen LogP contribution in [0.15, 0.2) is 24.3 Å². The SMILES string of the molecule is N[C@H](CF)C1CCC(C(=O)N2CC[C@@H](C3CCCCC3)[C@H]2C(=O)Cc2ccc3[nH]c(C(=O)OCC4CCCO4)cc3c2)CC1. The lowest BCUT2D eigenvalue weighted by Crippen LogP contribution is -2.48. The number of amides is 1. The van der Waals surface area contributed by atoms with Crippen molar-refractivity contribution in [2.45, 2.75) is 102 Å². The summed E-state index contributed by atoms with van der Waals surface area (Å²) in [5, 5.41) is 0.853. The Kier molecular flexibility index (Phi) is 10.0. The molecule has 2 saturated carbocycles. The lowest BCUT2D eigenvalue weighted by molar-refractivity contribution is -0.143. The summed E-state index contributed by atoms with van der Waals surface area (Å²) in [5.41, 5.74) is 8.04. The Balaban J connectivity index is 1.15. The van der Waals surface area contributed by atoms with E-state index in [0.717, 1.165) is 61.4 Å². The van der Waals surface area contributed by atoms with E-state index in [-0.39, 0.29) is 48.6 Å². The highest BCUT2D eigenvalue weighted by Gasteiger charge is 2.46. The zero-order chi connectivity index (χ0) is 30.6. The molecule has 9 heteroatoms. The fourth-order valence-electron chi connectivity index (χ4n) is 8.42. The molecule has 240 valence electrons. The van der Waals surface area contributed by atoms with Gasteiger partial charge in [0.2, 0.25) is 5.91 Å². The number of Topliss-reactive ketones (excluding diaryl/α,β-unsaturated/α-hetero) is 1. The molecule has 4 atom stereocenters. The highest BCUT2D eigenvalue weighted by Crippen LogP contribution is 2.41. The van der Waals surface area contributed by atoms with Gasteiger partial charge in [0.05, 0.1) is 12.1 Å². The number of aromatic amines is 1. The quantitative estimate of drug-likeness (QED) is 0.343. The smallest absolute Gasteiger partial charge is 0.354 e. The van der Waals surface area contributed by atoms with Crippen LogP contribution in [0.25, 0.3) is 10.9 Å². The highest BCUT2D eigenvalue weighted by atomic mass is 19.1. The van der Waals surface area contributed by atoms with E-state index in [0.29, 0.717) is 37.6 Å². The number of carbonyl (C=O) groups is 3. The summed E-state index contributed by atoms with van der Waals surface area (Å²) < 4.78 is 24.2. The minimum atomic E-state index is -0.523. The van der Waals surface area contributed by atoms with Gasteiger partial charge in [0.15, 0.2) is 5.78 Å². The molecule has 1 aromatic heterocycles. The van der Waals surface area contributed by atoms with Crippen LogP contribution in [-0.4, -0.2) is 72.2 Å². The molecule has 0 bridgehead atoms. The van der Waals surface area contributed by atoms with E-state index in [4.69, 9.17) is 15.2 Å². The molecule has 2 saturated heterocycles. The molecular formula is C35H48FN3O5. The van der Waals surface area contributed by atoms with Crippen LogP contribution in [0.5, 0.6) is 0 Å². The lowest BCUT2D eigenvalue weighted by Gasteiger charge is -2.37. The number of H-pyrrole nitrogens is 1. The van der Waals surface area contributed by atoms with Gasteiger partial charge in [-0.2, -0.15) is 0 Å². The maximum atomic E-state index is 14.2. The number of ketones is 1. The van der Waals surface area contributed by atoms with Gasteiger partial charge in [0, 0.05) is 42.4 Å². The fraction of sp³-hybridized carbons (Fsp3) is 0.686.